The van der Waals surface area contributed by atoms with E-state index in [1.165, 1.54) is 0 Å². The van der Waals surface area contributed by atoms with Crippen LogP contribution in [0, 0.1) is 11.8 Å². The van der Waals surface area contributed by atoms with Crippen molar-refractivity contribution in [1.82, 2.24) is 5.32 Å². The molecule has 0 spiro atoms. The third-order valence-corrected chi connectivity index (χ3v) is 12.7. The average Bonchev–Trinajstić information content (AvgIpc) is 2.76. The number of rotatable bonds is 11. The third kappa shape index (κ3) is 6.46. The highest BCUT2D eigenvalue weighted by atomic mass is 32.2. The Morgan fingerprint density at radius 2 is 1.63 bits per heavy atom. The summed E-state index contributed by atoms with van der Waals surface area (Å²) >= 11 is 0. The highest BCUT2D eigenvalue weighted by molar-refractivity contribution is 7.89. The van der Waals surface area contributed by atoms with Gasteiger partial charge >= 0.3 is 0 Å². The molecule has 35 heavy (non-hydrogen) atoms. The standard InChI is InChI=1S/C26H36N2O5SSi/c1-26(2,3)35(21-10-6-4-7-11-21,22-12-8-5-9-13-22)33-24(23-15-14-20(23)19-29)18-25(30)28-16-17-34(27,31)32/h4-13,19-20,23-24H,14-18H2,1-3H3,(H,28,30)(H2,27,31,32)/t20-,23+,24+/m0/s1. The zero-order valence-corrected chi connectivity index (χ0v) is 22.5. The number of carbonyl (C=O) groups excluding carboxylic acids is 2. The number of hydrogen-bond acceptors (Lipinski definition) is 5. The molecule has 0 aliphatic heterocycles. The maximum atomic E-state index is 12.9. The third-order valence-electron chi connectivity index (χ3n) is 6.88. The normalized spacial score (nSPS) is 19.4. The molecule has 1 amide bonds. The van der Waals surface area contributed by atoms with E-state index in [4.69, 9.17) is 9.56 Å². The van der Waals surface area contributed by atoms with Gasteiger partial charge in [0.15, 0.2) is 0 Å². The van der Waals surface area contributed by atoms with Gasteiger partial charge in [-0.05, 0) is 34.2 Å². The van der Waals surface area contributed by atoms with Crippen LogP contribution in [0.2, 0.25) is 5.04 Å². The number of primary sulfonamides is 1. The SMILES string of the molecule is CC(C)(C)[Si](O[C@H](CC(=O)NCCS(N)(=O)=O)[C@@H]1CC[C@H]1C=O)(c1ccccc1)c1ccccc1. The van der Waals surface area contributed by atoms with E-state index in [9.17, 15) is 18.0 Å². The fraction of sp³-hybridized carbons (Fsp3) is 0.462. The maximum Gasteiger partial charge on any atom is 0.261 e. The number of benzene rings is 2. The van der Waals surface area contributed by atoms with Crippen LogP contribution in [0.15, 0.2) is 60.7 Å². The molecule has 3 rings (SSSR count). The fourth-order valence-corrected chi connectivity index (χ4v) is 10.1. The Hall–Kier alpha value is -2.33. The van der Waals surface area contributed by atoms with E-state index < -0.39 is 24.4 Å². The Morgan fingerprint density at radius 3 is 2.03 bits per heavy atom. The van der Waals surface area contributed by atoms with Gasteiger partial charge in [-0.3, -0.25) is 4.79 Å². The Morgan fingerprint density at radius 1 is 1.09 bits per heavy atom. The summed E-state index contributed by atoms with van der Waals surface area (Å²) in [5, 5.41) is 9.64. The van der Waals surface area contributed by atoms with Crippen LogP contribution < -0.4 is 20.8 Å². The topological polar surface area (TPSA) is 116 Å². The second-order valence-corrected chi connectivity index (χ2v) is 16.3. The molecule has 0 heterocycles. The molecule has 0 bridgehead atoms. The Balaban J connectivity index is 2.01. The van der Waals surface area contributed by atoms with Crippen molar-refractivity contribution in [3.63, 3.8) is 0 Å². The predicted molar refractivity (Wildman–Crippen MR) is 140 cm³/mol. The van der Waals surface area contributed by atoms with Crippen molar-refractivity contribution in [3.8, 4) is 0 Å². The van der Waals surface area contributed by atoms with E-state index in [1.807, 2.05) is 36.4 Å². The molecule has 3 atom stereocenters. The van der Waals surface area contributed by atoms with Gasteiger partial charge in [0.2, 0.25) is 15.9 Å². The summed E-state index contributed by atoms with van der Waals surface area (Å²) < 4.78 is 29.7. The lowest BCUT2D eigenvalue weighted by molar-refractivity contribution is -0.127. The van der Waals surface area contributed by atoms with Gasteiger partial charge < -0.3 is 14.5 Å². The van der Waals surface area contributed by atoms with Crippen molar-refractivity contribution in [2.24, 2.45) is 17.0 Å². The molecule has 7 nitrogen and oxygen atoms in total. The number of aldehydes is 1. The Bertz CT molecular complexity index is 1060. The quantitative estimate of drug-likeness (QED) is 0.350. The monoisotopic (exact) mass is 516 g/mol. The zero-order chi connectivity index (χ0) is 25.7. The molecule has 0 radical (unpaired) electrons. The lowest BCUT2D eigenvalue weighted by atomic mass is 9.71. The molecule has 190 valence electrons. The minimum Gasteiger partial charge on any atom is -0.404 e. The summed E-state index contributed by atoms with van der Waals surface area (Å²) in [7, 11) is -6.62. The van der Waals surface area contributed by atoms with E-state index in [0.717, 1.165) is 29.5 Å². The first-order chi connectivity index (χ1) is 16.5. The van der Waals surface area contributed by atoms with Gasteiger partial charge in [-0.15, -0.1) is 0 Å². The smallest absolute Gasteiger partial charge is 0.261 e. The summed E-state index contributed by atoms with van der Waals surface area (Å²) in [6, 6.07) is 20.3. The van der Waals surface area contributed by atoms with Gasteiger partial charge in [-0.25, -0.2) is 13.6 Å². The molecule has 3 N–H and O–H groups in total. The molecule has 1 aliphatic carbocycles. The largest absolute Gasteiger partial charge is 0.404 e. The highest BCUT2D eigenvalue weighted by Crippen LogP contribution is 2.43. The van der Waals surface area contributed by atoms with Gasteiger partial charge in [-0.1, -0.05) is 81.4 Å². The van der Waals surface area contributed by atoms with Crippen LogP contribution >= 0.6 is 0 Å². The highest BCUT2D eigenvalue weighted by Gasteiger charge is 2.53. The Labute approximate surface area is 209 Å². The van der Waals surface area contributed by atoms with Crippen molar-refractivity contribution in [1.29, 1.82) is 0 Å². The van der Waals surface area contributed by atoms with Gasteiger partial charge in [0.1, 0.15) is 6.29 Å². The molecule has 2 aromatic carbocycles. The van der Waals surface area contributed by atoms with Crippen LogP contribution in [-0.4, -0.2) is 47.3 Å². The van der Waals surface area contributed by atoms with Crippen LogP contribution in [-0.2, 0) is 24.0 Å². The summed E-state index contributed by atoms with van der Waals surface area (Å²) in [4.78, 5) is 24.6. The van der Waals surface area contributed by atoms with Crippen molar-refractivity contribution >= 4 is 40.9 Å². The molecule has 0 unspecified atom stereocenters. The first kappa shape index (κ1) is 27.3. The minimum absolute atomic E-state index is 0.0458. The van der Waals surface area contributed by atoms with E-state index in [0.29, 0.717) is 0 Å². The Kier molecular flexibility index (Phi) is 8.69. The van der Waals surface area contributed by atoms with E-state index in [-0.39, 0.29) is 41.5 Å². The maximum absolute atomic E-state index is 12.9. The molecule has 1 saturated carbocycles. The lowest BCUT2D eigenvalue weighted by Crippen LogP contribution is -2.68. The molecular weight excluding hydrogens is 480 g/mol. The van der Waals surface area contributed by atoms with E-state index in [2.05, 4.69) is 50.4 Å². The van der Waals surface area contributed by atoms with Gasteiger partial charge in [-0.2, -0.15) is 0 Å². The van der Waals surface area contributed by atoms with Gasteiger partial charge in [0.25, 0.3) is 8.32 Å². The molecule has 2 aromatic rings. The summed E-state index contributed by atoms with van der Waals surface area (Å²) in [6.45, 7) is 6.44. The van der Waals surface area contributed by atoms with Crippen LogP contribution in [0.4, 0.5) is 0 Å². The summed E-state index contributed by atoms with van der Waals surface area (Å²) in [5.74, 6) is -0.874. The molecule has 0 saturated heterocycles. The molecule has 1 aliphatic rings. The van der Waals surface area contributed by atoms with Crippen LogP contribution in [0.25, 0.3) is 0 Å². The molecular formula is C26H36N2O5SSi. The van der Waals surface area contributed by atoms with Crippen LogP contribution in [0.5, 0.6) is 0 Å². The van der Waals surface area contributed by atoms with Crippen molar-refractivity contribution in [2.75, 3.05) is 12.3 Å². The molecule has 0 aromatic heterocycles. The van der Waals surface area contributed by atoms with Crippen molar-refractivity contribution < 1.29 is 22.4 Å². The van der Waals surface area contributed by atoms with E-state index >= 15 is 0 Å². The van der Waals surface area contributed by atoms with Gasteiger partial charge in [0, 0.05) is 12.5 Å². The predicted octanol–water partition coefficient (Wildman–Crippen LogP) is 1.95. The number of sulfonamides is 1. The lowest BCUT2D eigenvalue weighted by Gasteiger charge is -2.49. The number of nitrogens with one attached hydrogen (secondary N) is 1. The first-order valence-electron chi connectivity index (χ1n) is 12.0. The van der Waals surface area contributed by atoms with Crippen LogP contribution in [0.1, 0.15) is 40.0 Å². The number of nitrogens with two attached hydrogens (primary N) is 1. The minimum atomic E-state index is -3.68. The van der Waals surface area contributed by atoms with Crippen molar-refractivity contribution in [3.05, 3.63) is 60.7 Å². The average molecular weight is 517 g/mol. The second kappa shape index (κ2) is 11.2. The number of hydrogen-bond donors (Lipinski definition) is 2. The first-order valence-corrected chi connectivity index (χ1v) is 15.6. The summed E-state index contributed by atoms with van der Waals surface area (Å²) in [5.41, 5.74) is 0. The van der Waals surface area contributed by atoms with Crippen molar-refractivity contribution in [2.45, 2.75) is 51.2 Å². The number of amides is 1. The van der Waals surface area contributed by atoms with Crippen LogP contribution in [0.3, 0.4) is 0 Å². The fourth-order valence-electron chi connectivity index (χ4n) is 4.97. The van der Waals surface area contributed by atoms with E-state index in [1.54, 1.807) is 0 Å². The zero-order valence-electron chi connectivity index (χ0n) is 20.6. The number of carbonyl (C=O) groups is 2. The second-order valence-electron chi connectivity index (χ2n) is 10.3. The van der Waals surface area contributed by atoms with Gasteiger partial charge in [0.05, 0.1) is 18.3 Å². The molecule has 1 fully saturated rings. The summed E-state index contributed by atoms with van der Waals surface area (Å²) in [6.07, 6.45) is 2.11. The molecule has 9 heteroatoms.